The smallest absolute Gasteiger partial charge is 0.396 e. The standard InChI is InChI=1S/C9H11F3N2O/c10-9(11,12)7-1-2-14-8(3-7)6(4-13)5-15/h1-3,6,15H,4-5,13H2. The van der Waals surface area contributed by atoms with Gasteiger partial charge in [-0.15, -0.1) is 0 Å². The molecule has 1 atom stereocenters. The van der Waals surface area contributed by atoms with Gasteiger partial charge in [-0.25, -0.2) is 0 Å². The highest BCUT2D eigenvalue weighted by Gasteiger charge is 2.31. The molecule has 0 bridgehead atoms. The molecule has 0 aliphatic carbocycles. The third kappa shape index (κ3) is 2.90. The van der Waals surface area contributed by atoms with Gasteiger partial charge in [0.1, 0.15) is 0 Å². The molecule has 1 unspecified atom stereocenters. The first kappa shape index (κ1) is 11.9. The molecular weight excluding hydrogens is 209 g/mol. The molecule has 0 aliphatic rings. The van der Waals surface area contributed by atoms with Crippen LogP contribution in [-0.4, -0.2) is 23.2 Å². The van der Waals surface area contributed by atoms with E-state index in [9.17, 15) is 13.2 Å². The SMILES string of the molecule is NCC(CO)c1cc(C(F)(F)F)ccn1. The quantitative estimate of drug-likeness (QED) is 0.802. The monoisotopic (exact) mass is 220 g/mol. The van der Waals surface area contributed by atoms with E-state index in [1.54, 1.807) is 0 Å². The van der Waals surface area contributed by atoms with Crippen LogP contribution in [0, 0.1) is 0 Å². The number of pyridine rings is 1. The van der Waals surface area contributed by atoms with E-state index in [0.717, 1.165) is 18.3 Å². The molecule has 84 valence electrons. The van der Waals surface area contributed by atoms with Gasteiger partial charge in [0.2, 0.25) is 0 Å². The van der Waals surface area contributed by atoms with Gasteiger partial charge in [0.15, 0.2) is 0 Å². The van der Waals surface area contributed by atoms with E-state index in [4.69, 9.17) is 10.8 Å². The van der Waals surface area contributed by atoms with E-state index in [-0.39, 0.29) is 18.8 Å². The molecule has 1 heterocycles. The van der Waals surface area contributed by atoms with E-state index in [1.165, 1.54) is 0 Å². The van der Waals surface area contributed by atoms with Crippen molar-refractivity contribution >= 4 is 0 Å². The first-order valence-corrected chi connectivity index (χ1v) is 4.33. The van der Waals surface area contributed by atoms with Gasteiger partial charge in [-0.2, -0.15) is 13.2 Å². The van der Waals surface area contributed by atoms with Crippen LogP contribution in [0.4, 0.5) is 13.2 Å². The fourth-order valence-electron chi connectivity index (χ4n) is 1.14. The molecule has 6 heteroatoms. The number of nitrogens with two attached hydrogens (primary N) is 1. The number of rotatable bonds is 3. The molecule has 0 saturated carbocycles. The minimum absolute atomic E-state index is 0.0603. The molecule has 0 fully saturated rings. The third-order valence-electron chi connectivity index (χ3n) is 2.03. The maximum absolute atomic E-state index is 12.3. The summed E-state index contributed by atoms with van der Waals surface area (Å²) in [5.74, 6) is -0.549. The van der Waals surface area contributed by atoms with Crippen molar-refractivity contribution < 1.29 is 18.3 Å². The Morgan fingerprint density at radius 3 is 2.60 bits per heavy atom. The van der Waals surface area contributed by atoms with E-state index >= 15 is 0 Å². The number of nitrogens with zero attached hydrogens (tertiary/aromatic N) is 1. The first-order valence-electron chi connectivity index (χ1n) is 4.33. The molecule has 15 heavy (non-hydrogen) atoms. The van der Waals surface area contributed by atoms with Gasteiger partial charge in [0, 0.05) is 24.4 Å². The summed E-state index contributed by atoms with van der Waals surface area (Å²) < 4.78 is 37.0. The lowest BCUT2D eigenvalue weighted by Crippen LogP contribution is -2.18. The number of hydrogen-bond acceptors (Lipinski definition) is 3. The van der Waals surface area contributed by atoms with Crippen LogP contribution in [0.25, 0.3) is 0 Å². The Bertz CT molecular complexity index is 323. The largest absolute Gasteiger partial charge is 0.416 e. The highest BCUT2D eigenvalue weighted by atomic mass is 19.4. The van der Waals surface area contributed by atoms with Gasteiger partial charge in [-0.05, 0) is 12.1 Å². The molecule has 3 N–H and O–H groups in total. The maximum Gasteiger partial charge on any atom is 0.416 e. The zero-order valence-corrected chi connectivity index (χ0v) is 7.83. The van der Waals surface area contributed by atoms with Crippen LogP contribution in [0.3, 0.4) is 0 Å². The topological polar surface area (TPSA) is 59.1 Å². The second-order valence-electron chi connectivity index (χ2n) is 3.08. The van der Waals surface area contributed by atoms with Gasteiger partial charge in [-0.3, -0.25) is 4.98 Å². The zero-order valence-electron chi connectivity index (χ0n) is 7.83. The minimum Gasteiger partial charge on any atom is -0.396 e. The number of aliphatic hydroxyl groups is 1. The second-order valence-corrected chi connectivity index (χ2v) is 3.08. The predicted octanol–water partition coefficient (Wildman–Crippen LogP) is 1.13. The van der Waals surface area contributed by atoms with Crippen molar-refractivity contribution in [3.63, 3.8) is 0 Å². The fraction of sp³-hybridized carbons (Fsp3) is 0.444. The predicted molar refractivity (Wildman–Crippen MR) is 48.1 cm³/mol. The summed E-state index contributed by atoms with van der Waals surface area (Å²) in [6, 6.07) is 1.79. The van der Waals surface area contributed by atoms with Crippen molar-refractivity contribution in [2.75, 3.05) is 13.2 Å². The third-order valence-corrected chi connectivity index (χ3v) is 2.03. The van der Waals surface area contributed by atoms with Crippen LogP contribution in [0.15, 0.2) is 18.3 Å². The van der Waals surface area contributed by atoms with E-state index in [1.807, 2.05) is 0 Å². The average molecular weight is 220 g/mol. The number of halogens is 3. The highest BCUT2D eigenvalue weighted by molar-refractivity contribution is 5.22. The summed E-state index contributed by atoms with van der Waals surface area (Å²) in [6.45, 7) is -0.254. The molecule has 1 aromatic heterocycles. The summed E-state index contributed by atoms with van der Waals surface area (Å²) in [5, 5.41) is 8.87. The van der Waals surface area contributed by atoms with E-state index in [0.29, 0.717) is 0 Å². The van der Waals surface area contributed by atoms with Crippen molar-refractivity contribution in [1.29, 1.82) is 0 Å². The molecule has 0 aromatic carbocycles. The fourth-order valence-corrected chi connectivity index (χ4v) is 1.14. The summed E-state index contributed by atoms with van der Waals surface area (Å²) in [5.41, 5.74) is 4.68. The molecule has 3 nitrogen and oxygen atoms in total. The number of aromatic nitrogens is 1. The molecule has 0 spiro atoms. The second kappa shape index (κ2) is 4.59. The maximum atomic E-state index is 12.3. The number of hydrogen-bond donors (Lipinski definition) is 2. The van der Waals surface area contributed by atoms with Crippen LogP contribution in [0.5, 0.6) is 0 Å². The van der Waals surface area contributed by atoms with Crippen molar-refractivity contribution in [1.82, 2.24) is 4.98 Å². The average Bonchev–Trinajstić information content (AvgIpc) is 2.19. The Hall–Kier alpha value is -1.14. The molecule has 0 amide bonds. The van der Waals surface area contributed by atoms with Crippen LogP contribution >= 0.6 is 0 Å². The van der Waals surface area contributed by atoms with E-state index in [2.05, 4.69) is 4.98 Å². The lowest BCUT2D eigenvalue weighted by atomic mass is 10.0. The number of alkyl halides is 3. The molecule has 0 aliphatic heterocycles. The van der Waals surface area contributed by atoms with Crippen LogP contribution in [0.2, 0.25) is 0 Å². The van der Waals surface area contributed by atoms with Gasteiger partial charge in [-0.1, -0.05) is 0 Å². The molecular formula is C9H11F3N2O. The van der Waals surface area contributed by atoms with Crippen LogP contribution < -0.4 is 5.73 Å². The number of aliphatic hydroxyl groups excluding tert-OH is 1. The van der Waals surface area contributed by atoms with Crippen molar-refractivity contribution in [3.05, 3.63) is 29.6 Å². The Balaban J connectivity index is 3.02. The van der Waals surface area contributed by atoms with Crippen molar-refractivity contribution in [3.8, 4) is 0 Å². The minimum atomic E-state index is -4.40. The lowest BCUT2D eigenvalue weighted by molar-refractivity contribution is -0.137. The Kier molecular flexibility index (Phi) is 3.65. The first-order chi connectivity index (χ1) is 6.99. The van der Waals surface area contributed by atoms with Gasteiger partial charge in [0.05, 0.1) is 12.2 Å². The molecule has 1 rings (SSSR count). The van der Waals surface area contributed by atoms with Crippen molar-refractivity contribution in [2.45, 2.75) is 12.1 Å². The summed E-state index contributed by atoms with van der Waals surface area (Å²) in [6.07, 6.45) is -3.33. The Morgan fingerprint density at radius 1 is 1.47 bits per heavy atom. The van der Waals surface area contributed by atoms with E-state index < -0.39 is 17.7 Å². The highest BCUT2D eigenvalue weighted by Crippen LogP contribution is 2.30. The van der Waals surface area contributed by atoms with Gasteiger partial charge in [0.25, 0.3) is 0 Å². The molecule has 0 radical (unpaired) electrons. The molecule has 1 aromatic rings. The summed E-state index contributed by atoms with van der Waals surface area (Å²) >= 11 is 0. The van der Waals surface area contributed by atoms with Crippen molar-refractivity contribution in [2.24, 2.45) is 5.73 Å². The van der Waals surface area contributed by atoms with Gasteiger partial charge < -0.3 is 10.8 Å². The molecule has 0 saturated heterocycles. The van der Waals surface area contributed by atoms with Crippen LogP contribution in [-0.2, 0) is 6.18 Å². The zero-order chi connectivity index (χ0) is 11.5. The van der Waals surface area contributed by atoms with Crippen LogP contribution in [0.1, 0.15) is 17.2 Å². The summed E-state index contributed by atoms with van der Waals surface area (Å²) in [7, 11) is 0. The Labute approximate surface area is 84.7 Å². The normalized spacial score (nSPS) is 13.9. The lowest BCUT2D eigenvalue weighted by Gasteiger charge is -2.13. The Morgan fingerprint density at radius 2 is 2.13 bits per heavy atom. The summed E-state index contributed by atoms with van der Waals surface area (Å²) in [4.78, 5) is 3.75. The van der Waals surface area contributed by atoms with Gasteiger partial charge >= 0.3 is 6.18 Å².